The van der Waals surface area contributed by atoms with Crippen LogP contribution in [0.15, 0.2) is 30.0 Å². The maximum Gasteiger partial charge on any atom is 0.267 e. The average Bonchev–Trinajstić information content (AvgIpc) is 2.94. The summed E-state index contributed by atoms with van der Waals surface area (Å²) >= 11 is 0. The van der Waals surface area contributed by atoms with Gasteiger partial charge in [-0.1, -0.05) is 0 Å². The number of nitrogens with zero attached hydrogens (tertiary/aromatic N) is 1. The van der Waals surface area contributed by atoms with Crippen LogP contribution in [0.25, 0.3) is 0 Å². The van der Waals surface area contributed by atoms with E-state index in [9.17, 15) is 18.5 Å². The highest BCUT2D eigenvalue weighted by molar-refractivity contribution is 7.91. The second-order valence-electron chi connectivity index (χ2n) is 5.46. The SMILES string of the molecule is COc1ccc(OC)c(NC(=O)/C(C#N)=C\NC2CCS(=O)(=O)C2)c1. The molecule has 2 rings (SSSR count). The number of rotatable bonds is 6. The van der Waals surface area contributed by atoms with Gasteiger partial charge in [0.25, 0.3) is 5.91 Å². The third kappa shape index (κ3) is 4.87. The fraction of sp³-hybridized carbons (Fsp3) is 0.375. The van der Waals surface area contributed by atoms with Crippen molar-refractivity contribution in [3.8, 4) is 17.6 Å². The van der Waals surface area contributed by atoms with E-state index in [1.165, 1.54) is 20.4 Å². The first-order chi connectivity index (χ1) is 11.9. The van der Waals surface area contributed by atoms with Crippen molar-refractivity contribution in [2.45, 2.75) is 12.5 Å². The van der Waals surface area contributed by atoms with E-state index in [0.29, 0.717) is 23.6 Å². The van der Waals surface area contributed by atoms with Gasteiger partial charge in [0, 0.05) is 18.3 Å². The number of sulfone groups is 1. The summed E-state index contributed by atoms with van der Waals surface area (Å²) in [7, 11) is -0.0887. The molecule has 1 aliphatic heterocycles. The van der Waals surface area contributed by atoms with E-state index in [1.807, 2.05) is 0 Å². The Labute approximate surface area is 146 Å². The molecule has 0 aliphatic carbocycles. The Hall–Kier alpha value is -2.73. The lowest BCUT2D eigenvalue weighted by Crippen LogP contribution is -2.27. The molecule has 134 valence electrons. The topological polar surface area (TPSA) is 118 Å². The highest BCUT2D eigenvalue weighted by atomic mass is 32.2. The van der Waals surface area contributed by atoms with E-state index in [0.717, 1.165) is 0 Å². The zero-order valence-electron chi connectivity index (χ0n) is 13.9. The molecule has 1 amide bonds. The molecule has 1 saturated heterocycles. The van der Waals surface area contributed by atoms with Gasteiger partial charge in [0.2, 0.25) is 0 Å². The average molecular weight is 365 g/mol. The second-order valence-corrected chi connectivity index (χ2v) is 7.69. The number of benzene rings is 1. The Morgan fingerprint density at radius 1 is 1.36 bits per heavy atom. The third-order valence-corrected chi connectivity index (χ3v) is 5.48. The summed E-state index contributed by atoms with van der Waals surface area (Å²) in [6.45, 7) is 0. The van der Waals surface area contributed by atoms with Crippen LogP contribution in [-0.2, 0) is 14.6 Å². The molecule has 0 radical (unpaired) electrons. The van der Waals surface area contributed by atoms with Crippen molar-refractivity contribution < 1.29 is 22.7 Å². The van der Waals surface area contributed by atoms with E-state index in [4.69, 9.17) is 9.47 Å². The van der Waals surface area contributed by atoms with Crippen LogP contribution in [0.3, 0.4) is 0 Å². The van der Waals surface area contributed by atoms with Gasteiger partial charge in [0.1, 0.15) is 23.1 Å². The Balaban J connectivity index is 2.10. The molecule has 0 aromatic heterocycles. The first-order valence-corrected chi connectivity index (χ1v) is 9.31. The number of carbonyl (C=O) groups excluding carboxylic acids is 1. The molecule has 1 heterocycles. The molecule has 1 fully saturated rings. The fourth-order valence-corrected chi connectivity index (χ4v) is 4.06. The maximum absolute atomic E-state index is 12.3. The van der Waals surface area contributed by atoms with Crippen LogP contribution in [0.4, 0.5) is 5.69 Å². The molecule has 9 heteroatoms. The second kappa shape index (κ2) is 7.90. The molecule has 1 aliphatic rings. The Morgan fingerprint density at radius 2 is 2.12 bits per heavy atom. The first-order valence-electron chi connectivity index (χ1n) is 7.48. The van der Waals surface area contributed by atoms with Crippen molar-refractivity contribution in [2.24, 2.45) is 0 Å². The van der Waals surface area contributed by atoms with Gasteiger partial charge in [-0.2, -0.15) is 5.26 Å². The predicted molar refractivity (Wildman–Crippen MR) is 92.1 cm³/mol. The lowest BCUT2D eigenvalue weighted by Gasteiger charge is -2.12. The van der Waals surface area contributed by atoms with Gasteiger partial charge in [0.05, 0.1) is 31.4 Å². The van der Waals surface area contributed by atoms with Crippen LogP contribution < -0.4 is 20.1 Å². The summed E-state index contributed by atoms with van der Waals surface area (Å²) in [5.74, 6) is 0.401. The predicted octanol–water partition coefficient (Wildman–Crippen LogP) is 0.826. The molecule has 1 unspecified atom stereocenters. The molecule has 1 aromatic rings. The van der Waals surface area contributed by atoms with Crippen molar-refractivity contribution in [2.75, 3.05) is 31.0 Å². The summed E-state index contributed by atoms with van der Waals surface area (Å²) in [6.07, 6.45) is 1.69. The van der Waals surface area contributed by atoms with Crippen molar-refractivity contribution in [1.82, 2.24) is 5.32 Å². The van der Waals surface area contributed by atoms with Gasteiger partial charge < -0.3 is 20.1 Å². The number of nitrogens with one attached hydrogen (secondary N) is 2. The third-order valence-electron chi connectivity index (χ3n) is 3.72. The van der Waals surface area contributed by atoms with Crippen LogP contribution in [0.2, 0.25) is 0 Å². The molecule has 1 atom stereocenters. The number of anilines is 1. The van der Waals surface area contributed by atoms with Crippen LogP contribution in [0, 0.1) is 11.3 Å². The number of nitriles is 1. The molecular weight excluding hydrogens is 346 g/mol. The van der Waals surface area contributed by atoms with E-state index in [1.54, 1.807) is 24.3 Å². The van der Waals surface area contributed by atoms with Gasteiger partial charge in [-0.05, 0) is 18.6 Å². The maximum atomic E-state index is 12.3. The van der Waals surface area contributed by atoms with Crippen LogP contribution >= 0.6 is 0 Å². The minimum Gasteiger partial charge on any atom is -0.497 e. The number of hydrogen-bond acceptors (Lipinski definition) is 7. The Kier molecular flexibility index (Phi) is 5.88. The quantitative estimate of drug-likeness (QED) is 0.566. The minimum absolute atomic E-state index is 0.00641. The molecule has 8 nitrogen and oxygen atoms in total. The first kappa shape index (κ1) is 18.6. The van der Waals surface area contributed by atoms with Crippen molar-refractivity contribution in [3.63, 3.8) is 0 Å². The molecule has 1 aromatic carbocycles. The largest absolute Gasteiger partial charge is 0.497 e. The van der Waals surface area contributed by atoms with Crippen molar-refractivity contribution in [3.05, 3.63) is 30.0 Å². The van der Waals surface area contributed by atoms with E-state index < -0.39 is 15.7 Å². The van der Waals surface area contributed by atoms with Gasteiger partial charge >= 0.3 is 0 Å². The molecule has 2 N–H and O–H groups in total. The number of carbonyl (C=O) groups is 1. The Bertz CT molecular complexity index is 827. The minimum atomic E-state index is -3.04. The lowest BCUT2D eigenvalue weighted by atomic mass is 10.2. The number of amides is 1. The van der Waals surface area contributed by atoms with E-state index in [-0.39, 0.29) is 23.1 Å². The normalized spacial score (nSPS) is 18.9. The standard InChI is InChI=1S/C16H19N3O5S/c1-23-13-3-4-15(24-2)14(7-13)19-16(20)11(8-17)9-18-12-5-6-25(21,22)10-12/h3-4,7,9,12,18H,5-6,10H2,1-2H3,(H,19,20)/b11-9-. The van der Waals surface area contributed by atoms with E-state index >= 15 is 0 Å². The van der Waals surface area contributed by atoms with Crippen molar-refractivity contribution in [1.29, 1.82) is 5.26 Å². The molecule has 0 saturated carbocycles. The molecule has 0 spiro atoms. The zero-order chi connectivity index (χ0) is 18.4. The van der Waals surface area contributed by atoms with Crippen molar-refractivity contribution >= 4 is 21.4 Å². The monoisotopic (exact) mass is 365 g/mol. The summed E-state index contributed by atoms with van der Waals surface area (Å²) in [5, 5.41) is 14.6. The van der Waals surface area contributed by atoms with E-state index in [2.05, 4.69) is 10.6 Å². The highest BCUT2D eigenvalue weighted by Crippen LogP contribution is 2.29. The smallest absolute Gasteiger partial charge is 0.267 e. The lowest BCUT2D eigenvalue weighted by molar-refractivity contribution is -0.112. The summed E-state index contributed by atoms with van der Waals surface area (Å²) in [6, 6.07) is 6.38. The number of methoxy groups -OCH3 is 2. The highest BCUT2D eigenvalue weighted by Gasteiger charge is 2.27. The number of hydrogen-bond donors (Lipinski definition) is 2. The van der Waals surface area contributed by atoms with Crippen LogP contribution in [0.1, 0.15) is 6.42 Å². The summed E-state index contributed by atoms with van der Waals surface area (Å²) < 4.78 is 33.1. The summed E-state index contributed by atoms with van der Waals surface area (Å²) in [5.41, 5.74) is 0.186. The van der Waals surface area contributed by atoms with Crippen LogP contribution in [0.5, 0.6) is 11.5 Å². The Morgan fingerprint density at radius 3 is 2.68 bits per heavy atom. The number of ether oxygens (including phenoxy) is 2. The van der Waals surface area contributed by atoms with Crippen LogP contribution in [-0.4, -0.2) is 46.1 Å². The van der Waals surface area contributed by atoms with Gasteiger partial charge in [-0.15, -0.1) is 0 Å². The van der Waals surface area contributed by atoms with Gasteiger partial charge in [0.15, 0.2) is 9.84 Å². The van der Waals surface area contributed by atoms with Gasteiger partial charge in [-0.25, -0.2) is 8.42 Å². The van der Waals surface area contributed by atoms with Gasteiger partial charge in [-0.3, -0.25) is 4.79 Å². The summed E-state index contributed by atoms with van der Waals surface area (Å²) in [4.78, 5) is 12.3. The molecular formula is C16H19N3O5S. The zero-order valence-corrected chi connectivity index (χ0v) is 14.7. The fourth-order valence-electron chi connectivity index (χ4n) is 2.38. The molecule has 0 bridgehead atoms. The molecule has 25 heavy (non-hydrogen) atoms.